The summed E-state index contributed by atoms with van der Waals surface area (Å²) in [6.07, 6.45) is 2.98. The number of nitrogens with one attached hydrogen (secondary N) is 2. The van der Waals surface area contributed by atoms with Crippen LogP contribution in [0.3, 0.4) is 0 Å². The van der Waals surface area contributed by atoms with Crippen LogP contribution in [0.25, 0.3) is 0 Å². The van der Waals surface area contributed by atoms with Crippen molar-refractivity contribution >= 4 is 28.9 Å². The number of carbonyl (C=O) groups is 1. The first-order valence-electron chi connectivity index (χ1n) is 5.27. The number of carbonyl (C=O) groups excluding carboxylic acids is 1. The number of aromatic amines is 1. The average molecular weight is 277 g/mol. The lowest BCUT2D eigenvalue weighted by Gasteiger charge is -2.07. The molecule has 2 aromatic heterocycles. The van der Waals surface area contributed by atoms with E-state index in [4.69, 9.17) is 22.7 Å². The smallest absolute Gasteiger partial charge is 0.262 e. The van der Waals surface area contributed by atoms with Gasteiger partial charge in [-0.05, 0) is 12.1 Å². The Hall–Kier alpha value is -2.48. The van der Waals surface area contributed by atoms with Gasteiger partial charge in [0.1, 0.15) is 16.4 Å². The van der Waals surface area contributed by atoms with Crippen molar-refractivity contribution in [3.8, 4) is 5.88 Å². The first kappa shape index (κ1) is 13.0. The van der Waals surface area contributed by atoms with Crippen molar-refractivity contribution in [1.82, 2.24) is 15.2 Å². The zero-order valence-electron chi connectivity index (χ0n) is 10.0. The van der Waals surface area contributed by atoms with Crippen molar-refractivity contribution in [2.75, 3.05) is 12.4 Å². The fraction of sp³-hybridized carbons (Fsp3) is 0.0909. The van der Waals surface area contributed by atoms with E-state index in [2.05, 4.69) is 20.5 Å². The highest BCUT2D eigenvalue weighted by atomic mass is 32.1. The van der Waals surface area contributed by atoms with E-state index in [9.17, 15) is 4.79 Å². The van der Waals surface area contributed by atoms with Crippen LogP contribution in [0.5, 0.6) is 5.88 Å². The molecule has 0 fully saturated rings. The zero-order chi connectivity index (χ0) is 13.8. The van der Waals surface area contributed by atoms with E-state index in [-0.39, 0.29) is 10.9 Å². The summed E-state index contributed by atoms with van der Waals surface area (Å²) in [5.41, 5.74) is 6.28. The lowest BCUT2D eigenvalue weighted by Crippen LogP contribution is -2.17. The second-order valence-corrected chi connectivity index (χ2v) is 3.98. The molecule has 0 saturated heterocycles. The molecule has 0 saturated carbocycles. The summed E-state index contributed by atoms with van der Waals surface area (Å²) in [5.74, 6) is 0.173. The molecule has 0 unspecified atom stereocenters. The van der Waals surface area contributed by atoms with Gasteiger partial charge in [0.15, 0.2) is 0 Å². The van der Waals surface area contributed by atoms with Crippen molar-refractivity contribution in [2.24, 2.45) is 5.73 Å². The van der Waals surface area contributed by atoms with Gasteiger partial charge in [-0.2, -0.15) is 5.10 Å². The Kier molecular flexibility index (Phi) is 3.71. The largest absolute Gasteiger partial charge is 0.480 e. The van der Waals surface area contributed by atoms with Gasteiger partial charge < -0.3 is 15.8 Å². The molecule has 8 heteroatoms. The monoisotopic (exact) mass is 277 g/mol. The van der Waals surface area contributed by atoms with Crippen LogP contribution < -0.4 is 15.8 Å². The van der Waals surface area contributed by atoms with Crippen molar-refractivity contribution in [3.05, 3.63) is 35.7 Å². The normalized spacial score (nSPS) is 9.95. The summed E-state index contributed by atoms with van der Waals surface area (Å²) in [5, 5.41) is 9.01. The van der Waals surface area contributed by atoms with Gasteiger partial charge in [-0.3, -0.25) is 9.89 Å². The number of ether oxygens (including phenoxy) is 1. The lowest BCUT2D eigenvalue weighted by molar-refractivity contribution is 0.102. The molecule has 0 atom stereocenters. The van der Waals surface area contributed by atoms with E-state index < -0.39 is 5.91 Å². The Bertz CT molecular complexity index is 625. The summed E-state index contributed by atoms with van der Waals surface area (Å²) in [6.45, 7) is 0. The van der Waals surface area contributed by atoms with Crippen LogP contribution in [-0.4, -0.2) is 33.2 Å². The number of hydrogen-bond donors (Lipinski definition) is 3. The molecule has 0 bridgehead atoms. The minimum absolute atomic E-state index is 0.141. The number of amides is 1. The third kappa shape index (κ3) is 2.68. The van der Waals surface area contributed by atoms with Crippen LogP contribution in [0.2, 0.25) is 0 Å². The Morgan fingerprint density at radius 3 is 3.00 bits per heavy atom. The zero-order valence-corrected chi connectivity index (χ0v) is 10.8. The molecule has 0 aliphatic carbocycles. The van der Waals surface area contributed by atoms with E-state index in [0.29, 0.717) is 16.9 Å². The molecule has 1 amide bonds. The molecule has 0 radical (unpaired) electrons. The molecule has 2 aromatic rings. The van der Waals surface area contributed by atoms with Crippen LogP contribution in [-0.2, 0) is 0 Å². The number of thiocarbonyl (C=S) groups is 1. The van der Waals surface area contributed by atoms with E-state index in [0.717, 1.165) is 0 Å². The predicted octanol–water partition coefficient (Wildman–Crippen LogP) is 0.700. The molecule has 2 heterocycles. The number of pyridine rings is 1. The molecule has 98 valence electrons. The molecule has 0 aliphatic rings. The third-order valence-electron chi connectivity index (χ3n) is 2.35. The number of methoxy groups -OCH3 is 1. The van der Waals surface area contributed by atoms with Crippen molar-refractivity contribution < 1.29 is 9.53 Å². The molecule has 0 spiro atoms. The maximum absolute atomic E-state index is 12.1. The van der Waals surface area contributed by atoms with Crippen LogP contribution >= 0.6 is 12.2 Å². The molecule has 0 aromatic carbocycles. The maximum Gasteiger partial charge on any atom is 0.262 e. The Morgan fingerprint density at radius 1 is 1.53 bits per heavy atom. The highest BCUT2D eigenvalue weighted by molar-refractivity contribution is 7.80. The van der Waals surface area contributed by atoms with Gasteiger partial charge in [0.2, 0.25) is 5.88 Å². The second kappa shape index (κ2) is 5.44. The number of rotatable bonds is 4. The van der Waals surface area contributed by atoms with Crippen LogP contribution in [0, 0.1) is 0 Å². The molecule has 7 nitrogen and oxygen atoms in total. The van der Waals surface area contributed by atoms with E-state index in [1.165, 1.54) is 19.5 Å². The number of nitrogens with two attached hydrogens (primary N) is 1. The van der Waals surface area contributed by atoms with Crippen molar-refractivity contribution in [1.29, 1.82) is 0 Å². The SMILES string of the molecule is COc1ncccc1C(=O)Nc1[nH]ncc1C(N)=S. The first-order valence-corrected chi connectivity index (χ1v) is 5.68. The van der Waals surface area contributed by atoms with Gasteiger partial charge in [0.25, 0.3) is 5.91 Å². The van der Waals surface area contributed by atoms with Crippen LogP contribution in [0.15, 0.2) is 24.5 Å². The highest BCUT2D eigenvalue weighted by Gasteiger charge is 2.16. The standard InChI is InChI=1S/C11H11N5O2S/c1-18-11-6(3-2-4-13-11)10(17)15-9-7(8(12)19)5-14-16-9/h2-5H,1H3,(H2,12,19)(H2,14,15,16,17). The first-order chi connectivity index (χ1) is 9.13. The number of anilines is 1. The minimum Gasteiger partial charge on any atom is -0.480 e. The van der Waals surface area contributed by atoms with E-state index in [1.54, 1.807) is 12.1 Å². The molecular weight excluding hydrogens is 266 g/mol. The Labute approximate surface area is 114 Å². The fourth-order valence-corrected chi connectivity index (χ4v) is 1.63. The average Bonchev–Trinajstić information content (AvgIpc) is 2.87. The highest BCUT2D eigenvalue weighted by Crippen LogP contribution is 2.17. The maximum atomic E-state index is 12.1. The number of aromatic nitrogens is 3. The lowest BCUT2D eigenvalue weighted by atomic mass is 10.2. The van der Waals surface area contributed by atoms with Crippen LogP contribution in [0.1, 0.15) is 15.9 Å². The van der Waals surface area contributed by atoms with E-state index in [1.807, 2.05) is 0 Å². The third-order valence-corrected chi connectivity index (χ3v) is 2.57. The van der Waals surface area contributed by atoms with Gasteiger partial charge >= 0.3 is 0 Å². The van der Waals surface area contributed by atoms with Gasteiger partial charge in [0, 0.05) is 6.20 Å². The van der Waals surface area contributed by atoms with Crippen LogP contribution in [0.4, 0.5) is 5.82 Å². The summed E-state index contributed by atoms with van der Waals surface area (Å²) >= 11 is 4.85. The van der Waals surface area contributed by atoms with Gasteiger partial charge in [-0.1, -0.05) is 12.2 Å². The van der Waals surface area contributed by atoms with Gasteiger partial charge in [0.05, 0.1) is 18.9 Å². The molecule has 4 N–H and O–H groups in total. The molecular formula is C11H11N5O2S. The molecule has 19 heavy (non-hydrogen) atoms. The van der Waals surface area contributed by atoms with Gasteiger partial charge in [-0.15, -0.1) is 0 Å². The number of nitrogens with zero attached hydrogens (tertiary/aromatic N) is 2. The predicted molar refractivity (Wildman–Crippen MR) is 73.2 cm³/mol. The number of H-pyrrole nitrogens is 1. The summed E-state index contributed by atoms with van der Waals surface area (Å²) in [6, 6.07) is 3.23. The summed E-state index contributed by atoms with van der Waals surface area (Å²) < 4.78 is 5.02. The van der Waals surface area contributed by atoms with Crippen molar-refractivity contribution in [3.63, 3.8) is 0 Å². The molecule has 0 aliphatic heterocycles. The summed E-state index contributed by atoms with van der Waals surface area (Å²) in [7, 11) is 1.44. The van der Waals surface area contributed by atoms with Crippen molar-refractivity contribution in [2.45, 2.75) is 0 Å². The quantitative estimate of drug-likeness (QED) is 0.710. The minimum atomic E-state index is -0.397. The fourth-order valence-electron chi connectivity index (χ4n) is 1.48. The Balaban J connectivity index is 2.26. The van der Waals surface area contributed by atoms with Gasteiger partial charge in [-0.25, -0.2) is 4.98 Å². The Morgan fingerprint density at radius 2 is 2.32 bits per heavy atom. The summed E-state index contributed by atoms with van der Waals surface area (Å²) in [4.78, 5) is 16.2. The topological polar surface area (TPSA) is 106 Å². The second-order valence-electron chi connectivity index (χ2n) is 3.54. The molecule has 2 rings (SSSR count). The number of hydrogen-bond acceptors (Lipinski definition) is 5. The van der Waals surface area contributed by atoms with E-state index >= 15 is 0 Å².